The van der Waals surface area contributed by atoms with E-state index in [1.54, 1.807) is 24.7 Å². The van der Waals surface area contributed by atoms with E-state index in [4.69, 9.17) is 16.3 Å². The maximum absolute atomic E-state index is 5.85. The van der Waals surface area contributed by atoms with E-state index in [1.807, 2.05) is 12.1 Å². The van der Waals surface area contributed by atoms with E-state index >= 15 is 0 Å². The van der Waals surface area contributed by atoms with Crippen molar-refractivity contribution in [2.24, 2.45) is 0 Å². The second-order valence-electron chi connectivity index (χ2n) is 4.56. The fourth-order valence-corrected chi connectivity index (χ4v) is 1.98. The Morgan fingerprint density at radius 1 is 0.905 bits per heavy atom. The number of aryl methyl sites for hydroxylation is 1. The zero-order chi connectivity index (χ0) is 14.7. The number of aromatic nitrogens is 3. The van der Waals surface area contributed by atoms with Crippen molar-refractivity contribution in [3.63, 3.8) is 0 Å². The Bertz CT molecular complexity index is 742. The van der Waals surface area contributed by atoms with Crippen LogP contribution in [0, 0.1) is 6.92 Å². The van der Waals surface area contributed by atoms with Crippen molar-refractivity contribution in [1.82, 2.24) is 15.0 Å². The monoisotopic (exact) mass is 297 g/mol. The summed E-state index contributed by atoms with van der Waals surface area (Å²) in [5, 5.41) is 0.503. The normalized spacial score (nSPS) is 10.4. The van der Waals surface area contributed by atoms with Gasteiger partial charge in [0.1, 0.15) is 0 Å². The first-order chi connectivity index (χ1) is 10.2. The minimum Gasteiger partial charge on any atom is -0.423 e. The summed E-state index contributed by atoms with van der Waals surface area (Å²) in [6, 6.07) is 10.1. The fourth-order valence-electron chi connectivity index (χ4n) is 1.82. The molecule has 0 aliphatic carbocycles. The molecule has 0 radical (unpaired) electrons. The first kappa shape index (κ1) is 13.5. The van der Waals surface area contributed by atoms with Crippen molar-refractivity contribution in [1.29, 1.82) is 0 Å². The van der Waals surface area contributed by atoms with Crippen LogP contribution in [0.15, 0.2) is 55.1 Å². The van der Waals surface area contributed by atoms with Crippen LogP contribution in [-0.2, 0) is 0 Å². The Balaban J connectivity index is 1.79. The van der Waals surface area contributed by atoms with Crippen molar-refractivity contribution in [2.45, 2.75) is 6.92 Å². The van der Waals surface area contributed by atoms with Crippen LogP contribution in [0.5, 0.6) is 11.8 Å². The molecule has 0 bridgehead atoms. The Labute approximate surface area is 127 Å². The topological polar surface area (TPSA) is 47.9 Å². The third-order valence-corrected chi connectivity index (χ3v) is 3.11. The number of hydrogen-bond acceptors (Lipinski definition) is 4. The highest BCUT2D eigenvalue weighted by atomic mass is 35.5. The third kappa shape index (κ3) is 3.35. The smallest absolute Gasteiger partial charge is 0.321 e. The van der Waals surface area contributed by atoms with Crippen LogP contribution in [0.3, 0.4) is 0 Å². The summed E-state index contributed by atoms with van der Waals surface area (Å²) in [6.45, 7) is 2.05. The Morgan fingerprint density at radius 2 is 1.62 bits per heavy atom. The highest BCUT2D eigenvalue weighted by molar-refractivity contribution is 6.30. The molecule has 0 spiro atoms. The molecule has 0 amide bonds. The minimum absolute atomic E-state index is 0.259. The molecule has 5 heteroatoms. The molecule has 0 N–H and O–H groups in total. The molecule has 1 aromatic carbocycles. The third-order valence-electron chi connectivity index (χ3n) is 2.90. The van der Waals surface area contributed by atoms with Crippen molar-refractivity contribution >= 4 is 11.6 Å². The van der Waals surface area contributed by atoms with Gasteiger partial charge in [-0.2, -0.15) is 0 Å². The average molecular weight is 298 g/mol. The number of halogens is 1. The van der Waals surface area contributed by atoms with E-state index in [2.05, 4.69) is 34.0 Å². The number of ether oxygens (including phenoxy) is 1. The molecule has 3 rings (SSSR count). The molecule has 2 heterocycles. The van der Waals surface area contributed by atoms with Gasteiger partial charge in [0.2, 0.25) is 0 Å². The molecule has 4 nitrogen and oxygen atoms in total. The number of benzene rings is 1. The summed E-state index contributed by atoms with van der Waals surface area (Å²) in [5.74, 6) is 0.505. The van der Waals surface area contributed by atoms with Gasteiger partial charge in [-0.15, -0.1) is 0 Å². The zero-order valence-electron chi connectivity index (χ0n) is 11.3. The van der Waals surface area contributed by atoms with E-state index in [9.17, 15) is 0 Å². The highest BCUT2D eigenvalue weighted by Gasteiger charge is 2.03. The molecule has 104 valence electrons. The lowest BCUT2D eigenvalue weighted by Gasteiger charge is -2.05. The Hall–Kier alpha value is -2.46. The van der Waals surface area contributed by atoms with Gasteiger partial charge in [-0.3, -0.25) is 4.98 Å². The van der Waals surface area contributed by atoms with Crippen molar-refractivity contribution < 1.29 is 4.74 Å². The number of nitrogens with zero attached hydrogens (tertiary/aromatic N) is 3. The number of rotatable bonds is 3. The molecule has 0 unspecified atom stereocenters. The minimum atomic E-state index is 0.259. The van der Waals surface area contributed by atoms with Gasteiger partial charge < -0.3 is 4.74 Å². The van der Waals surface area contributed by atoms with Gasteiger partial charge in [0.05, 0.1) is 11.2 Å². The summed E-state index contributed by atoms with van der Waals surface area (Å²) < 4.78 is 5.50. The Morgan fingerprint density at radius 3 is 2.29 bits per heavy atom. The fraction of sp³-hybridized carbons (Fsp3) is 0.0625. The van der Waals surface area contributed by atoms with Gasteiger partial charge in [-0.05, 0) is 12.5 Å². The second-order valence-corrected chi connectivity index (χ2v) is 5.00. The molecule has 0 aliphatic heterocycles. The van der Waals surface area contributed by atoms with Crippen molar-refractivity contribution in [3.05, 3.63) is 65.7 Å². The van der Waals surface area contributed by atoms with E-state index in [0.717, 1.165) is 11.1 Å². The highest BCUT2D eigenvalue weighted by Crippen LogP contribution is 2.22. The maximum Gasteiger partial charge on any atom is 0.321 e. The average Bonchev–Trinajstić information content (AvgIpc) is 2.49. The van der Waals surface area contributed by atoms with Gasteiger partial charge in [0.15, 0.2) is 5.75 Å². The van der Waals surface area contributed by atoms with Crippen LogP contribution < -0.4 is 4.74 Å². The predicted molar refractivity (Wildman–Crippen MR) is 81.5 cm³/mol. The molecule has 0 aliphatic rings. The number of pyridine rings is 1. The van der Waals surface area contributed by atoms with Crippen LogP contribution >= 0.6 is 11.6 Å². The second kappa shape index (κ2) is 5.89. The lowest BCUT2D eigenvalue weighted by molar-refractivity contribution is 0.440. The van der Waals surface area contributed by atoms with E-state index in [-0.39, 0.29) is 6.01 Å². The molecular weight excluding hydrogens is 286 g/mol. The predicted octanol–water partition coefficient (Wildman–Crippen LogP) is 4.29. The van der Waals surface area contributed by atoms with Crippen LogP contribution in [0.1, 0.15) is 5.56 Å². The van der Waals surface area contributed by atoms with Gasteiger partial charge in [0, 0.05) is 30.2 Å². The van der Waals surface area contributed by atoms with Crippen LogP contribution in [0.2, 0.25) is 5.02 Å². The zero-order valence-corrected chi connectivity index (χ0v) is 12.1. The van der Waals surface area contributed by atoms with Gasteiger partial charge in [0.25, 0.3) is 0 Å². The van der Waals surface area contributed by atoms with Gasteiger partial charge in [-0.25, -0.2) is 9.97 Å². The molecule has 0 atom stereocenters. The quantitative estimate of drug-likeness (QED) is 0.723. The van der Waals surface area contributed by atoms with E-state index in [0.29, 0.717) is 10.8 Å². The number of hydrogen-bond donors (Lipinski definition) is 0. The van der Waals surface area contributed by atoms with Crippen LogP contribution in [0.25, 0.3) is 11.1 Å². The largest absolute Gasteiger partial charge is 0.423 e. The van der Waals surface area contributed by atoms with Crippen LogP contribution in [0.4, 0.5) is 0 Å². The van der Waals surface area contributed by atoms with Crippen molar-refractivity contribution in [2.75, 3.05) is 0 Å². The summed E-state index contributed by atoms with van der Waals surface area (Å²) in [5.41, 5.74) is 3.22. The standard InChI is InChI=1S/C16H12ClN3O/c1-11-2-4-12(5-3-11)13-7-19-16(20-8-13)21-15-6-14(17)9-18-10-15/h2-10H,1H3. The van der Waals surface area contributed by atoms with E-state index < -0.39 is 0 Å². The molecule has 21 heavy (non-hydrogen) atoms. The maximum atomic E-state index is 5.85. The molecule has 0 saturated heterocycles. The summed E-state index contributed by atoms with van der Waals surface area (Å²) >= 11 is 5.85. The summed E-state index contributed by atoms with van der Waals surface area (Å²) in [4.78, 5) is 12.3. The Kier molecular flexibility index (Phi) is 3.79. The molecule has 0 fully saturated rings. The van der Waals surface area contributed by atoms with Gasteiger partial charge in [-0.1, -0.05) is 41.4 Å². The lowest BCUT2D eigenvalue weighted by atomic mass is 10.1. The van der Waals surface area contributed by atoms with Crippen LogP contribution in [-0.4, -0.2) is 15.0 Å². The lowest BCUT2D eigenvalue weighted by Crippen LogP contribution is -1.92. The van der Waals surface area contributed by atoms with Crippen molar-refractivity contribution in [3.8, 4) is 22.9 Å². The SMILES string of the molecule is Cc1ccc(-c2cnc(Oc3cncc(Cl)c3)nc2)cc1. The first-order valence-electron chi connectivity index (χ1n) is 6.38. The molecular formula is C16H12ClN3O. The molecule has 0 saturated carbocycles. The summed E-state index contributed by atoms with van der Waals surface area (Å²) in [6.07, 6.45) is 6.55. The molecule has 3 aromatic rings. The summed E-state index contributed by atoms with van der Waals surface area (Å²) in [7, 11) is 0. The first-order valence-corrected chi connectivity index (χ1v) is 6.76. The van der Waals surface area contributed by atoms with E-state index in [1.165, 1.54) is 11.8 Å². The molecule has 2 aromatic heterocycles. The van der Waals surface area contributed by atoms with Gasteiger partial charge >= 0.3 is 6.01 Å².